The van der Waals surface area contributed by atoms with Gasteiger partial charge in [0.25, 0.3) is 5.91 Å². The maximum Gasteiger partial charge on any atom is 0.252 e. The summed E-state index contributed by atoms with van der Waals surface area (Å²) >= 11 is 0. The van der Waals surface area contributed by atoms with Crippen LogP contribution in [0.25, 0.3) is 5.65 Å². The Morgan fingerprint density at radius 1 is 1.13 bits per heavy atom. The third-order valence-electron chi connectivity index (χ3n) is 5.09. The molecule has 7 heteroatoms. The summed E-state index contributed by atoms with van der Waals surface area (Å²) in [5.41, 5.74) is 4.20. The van der Waals surface area contributed by atoms with Gasteiger partial charge >= 0.3 is 0 Å². The number of hydrogen-bond acceptors (Lipinski definition) is 4. The van der Waals surface area contributed by atoms with E-state index in [9.17, 15) is 9.59 Å². The van der Waals surface area contributed by atoms with E-state index in [-0.39, 0.29) is 11.8 Å². The Labute approximate surface area is 183 Å². The number of amides is 2. The zero-order chi connectivity index (χ0) is 22.5. The van der Waals surface area contributed by atoms with Gasteiger partial charge in [0.05, 0.1) is 11.3 Å². The predicted molar refractivity (Wildman–Crippen MR) is 125 cm³/mol. The number of nitrogens with one attached hydrogen (secondary N) is 2. The summed E-state index contributed by atoms with van der Waals surface area (Å²) in [6.07, 6.45) is 2.80. The number of nitrogens with zero attached hydrogens (tertiary/aromatic N) is 3. The van der Waals surface area contributed by atoms with Crippen LogP contribution in [0.15, 0.2) is 42.6 Å². The molecule has 2 amide bonds. The second-order valence-corrected chi connectivity index (χ2v) is 8.34. The minimum Gasteiger partial charge on any atom is -0.355 e. The van der Waals surface area contributed by atoms with Gasteiger partial charge in [0, 0.05) is 38.9 Å². The summed E-state index contributed by atoms with van der Waals surface area (Å²) in [6.45, 7) is 9.08. The molecule has 0 fully saturated rings. The third-order valence-corrected chi connectivity index (χ3v) is 5.09. The molecule has 2 N–H and O–H groups in total. The molecule has 31 heavy (non-hydrogen) atoms. The lowest BCUT2D eigenvalue weighted by molar-refractivity contribution is -0.114. The van der Waals surface area contributed by atoms with Crippen molar-refractivity contribution in [2.75, 3.05) is 23.8 Å². The first-order valence-electron chi connectivity index (χ1n) is 10.6. The lowest BCUT2D eigenvalue weighted by Crippen LogP contribution is -2.25. The van der Waals surface area contributed by atoms with E-state index < -0.39 is 0 Å². The Morgan fingerprint density at radius 3 is 2.48 bits per heavy atom. The van der Waals surface area contributed by atoms with Crippen molar-refractivity contribution in [1.82, 2.24) is 14.7 Å². The van der Waals surface area contributed by atoms with Crippen LogP contribution in [0.3, 0.4) is 0 Å². The first kappa shape index (κ1) is 22.3. The lowest BCUT2D eigenvalue weighted by Gasteiger charge is -2.20. The Kier molecular flexibility index (Phi) is 6.95. The number of carbonyl (C=O) groups excluding carboxylic acids is 2. The van der Waals surface area contributed by atoms with E-state index in [0.717, 1.165) is 34.8 Å². The molecule has 2 heterocycles. The number of imidazole rings is 1. The number of benzene rings is 1. The monoisotopic (exact) mass is 421 g/mol. The van der Waals surface area contributed by atoms with Crippen LogP contribution in [0.5, 0.6) is 0 Å². The smallest absolute Gasteiger partial charge is 0.252 e. The summed E-state index contributed by atoms with van der Waals surface area (Å²) < 4.78 is 1.97. The van der Waals surface area contributed by atoms with Crippen molar-refractivity contribution in [2.24, 2.45) is 5.92 Å². The van der Waals surface area contributed by atoms with Crippen LogP contribution in [0, 0.1) is 12.8 Å². The number of rotatable bonds is 8. The van der Waals surface area contributed by atoms with Crippen molar-refractivity contribution in [3.63, 3.8) is 0 Å². The Hall–Kier alpha value is -3.35. The number of fused-ring (bicyclic) bond motifs is 1. The van der Waals surface area contributed by atoms with E-state index in [1.807, 2.05) is 61.0 Å². The highest BCUT2D eigenvalue weighted by atomic mass is 16.2. The van der Waals surface area contributed by atoms with Crippen molar-refractivity contribution < 1.29 is 9.59 Å². The molecule has 3 rings (SSSR count). The van der Waals surface area contributed by atoms with Crippen LogP contribution in [0.4, 0.5) is 11.5 Å². The number of aryl methyl sites for hydroxylation is 1. The lowest BCUT2D eigenvalue weighted by atomic mass is 10.1. The van der Waals surface area contributed by atoms with E-state index in [1.165, 1.54) is 6.92 Å². The first-order valence-corrected chi connectivity index (χ1v) is 10.6. The van der Waals surface area contributed by atoms with Gasteiger partial charge in [-0.25, -0.2) is 4.98 Å². The van der Waals surface area contributed by atoms with E-state index in [2.05, 4.69) is 34.4 Å². The van der Waals surface area contributed by atoms with Gasteiger partial charge in [0.15, 0.2) is 0 Å². The molecule has 0 aliphatic rings. The van der Waals surface area contributed by atoms with Gasteiger partial charge in [0.1, 0.15) is 11.5 Å². The summed E-state index contributed by atoms with van der Waals surface area (Å²) in [5, 5.41) is 5.77. The maximum atomic E-state index is 12.6. The van der Waals surface area contributed by atoms with Crippen LogP contribution in [-0.4, -0.2) is 34.8 Å². The highest BCUT2D eigenvalue weighted by Crippen LogP contribution is 2.24. The second-order valence-electron chi connectivity index (χ2n) is 8.34. The summed E-state index contributed by atoms with van der Waals surface area (Å²) in [5.74, 6) is 1.33. The van der Waals surface area contributed by atoms with Crippen LogP contribution >= 0.6 is 0 Å². The van der Waals surface area contributed by atoms with Crippen molar-refractivity contribution in [1.29, 1.82) is 0 Å². The summed E-state index contributed by atoms with van der Waals surface area (Å²) in [4.78, 5) is 30.5. The van der Waals surface area contributed by atoms with Crippen LogP contribution in [-0.2, 0) is 11.3 Å². The molecule has 164 valence electrons. The Bertz CT molecular complexity index is 1070. The highest BCUT2D eigenvalue weighted by Gasteiger charge is 2.16. The number of carbonyl (C=O) groups is 2. The molecule has 0 atom stereocenters. The van der Waals surface area contributed by atoms with Crippen molar-refractivity contribution in [3.05, 3.63) is 59.4 Å². The number of hydrogen-bond donors (Lipinski definition) is 2. The molecule has 0 spiro atoms. The second kappa shape index (κ2) is 9.64. The van der Waals surface area contributed by atoms with E-state index in [4.69, 9.17) is 0 Å². The van der Waals surface area contributed by atoms with E-state index >= 15 is 0 Å². The fraction of sp³-hybridized carbons (Fsp3) is 0.375. The fourth-order valence-electron chi connectivity index (χ4n) is 3.57. The first-order chi connectivity index (χ1) is 14.7. The molecule has 1 aromatic carbocycles. The normalized spacial score (nSPS) is 11.0. The molecule has 3 aromatic rings. The summed E-state index contributed by atoms with van der Waals surface area (Å²) in [7, 11) is 2.01. The standard InChI is InChI=1S/C24H31N5O2/c1-16(2)12-13-25-23(31)20-8-11-22-26-17(3)24(29(22)15-20)28(5)14-19-6-9-21(10-7-19)27-18(4)30/h6-11,15-16H,12-14H2,1-5H3,(H,25,31)(H,27,30). The average Bonchev–Trinajstić information content (AvgIpc) is 3.03. The van der Waals surface area contributed by atoms with Crippen molar-refractivity contribution in [3.8, 4) is 0 Å². The zero-order valence-corrected chi connectivity index (χ0v) is 18.9. The van der Waals surface area contributed by atoms with Gasteiger partial charge in [-0.15, -0.1) is 0 Å². The molecule has 2 aromatic heterocycles. The molecule has 0 bridgehead atoms. The van der Waals surface area contributed by atoms with E-state index in [1.54, 1.807) is 0 Å². The van der Waals surface area contributed by atoms with Crippen molar-refractivity contribution >= 4 is 29.0 Å². The van der Waals surface area contributed by atoms with Crippen LogP contribution in [0.2, 0.25) is 0 Å². The van der Waals surface area contributed by atoms with Gasteiger partial charge in [-0.1, -0.05) is 26.0 Å². The topological polar surface area (TPSA) is 78.7 Å². The maximum absolute atomic E-state index is 12.6. The number of aromatic nitrogens is 2. The van der Waals surface area contributed by atoms with E-state index in [0.29, 0.717) is 24.6 Å². The molecular weight excluding hydrogens is 390 g/mol. The number of pyridine rings is 1. The van der Waals surface area contributed by atoms with Gasteiger partial charge < -0.3 is 15.5 Å². The fourth-order valence-corrected chi connectivity index (χ4v) is 3.57. The SMILES string of the molecule is CC(=O)Nc1ccc(CN(C)c2c(C)nc3ccc(C(=O)NCCC(C)C)cn23)cc1. The molecular formula is C24H31N5O2. The van der Waals surface area contributed by atoms with Crippen LogP contribution < -0.4 is 15.5 Å². The quantitative estimate of drug-likeness (QED) is 0.576. The van der Waals surface area contributed by atoms with Gasteiger partial charge in [0.2, 0.25) is 5.91 Å². The Morgan fingerprint density at radius 2 is 1.84 bits per heavy atom. The molecule has 0 radical (unpaired) electrons. The minimum atomic E-state index is -0.0877. The van der Waals surface area contributed by atoms with Gasteiger partial charge in [-0.3, -0.25) is 14.0 Å². The summed E-state index contributed by atoms with van der Waals surface area (Å²) in [6, 6.07) is 11.5. The molecule has 0 aliphatic carbocycles. The van der Waals surface area contributed by atoms with Crippen molar-refractivity contribution in [2.45, 2.75) is 40.7 Å². The zero-order valence-electron chi connectivity index (χ0n) is 18.9. The average molecular weight is 422 g/mol. The highest BCUT2D eigenvalue weighted by molar-refractivity contribution is 5.94. The molecule has 7 nitrogen and oxygen atoms in total. The molecule has 0 aliphatic heterocycles. The van der Waals surface area contributed by atoms with Gasteiger partial charge in [-0.05, 0) is 49.1 Å². The minimum absolute atomic E-state index is 0.0731. The molecule has 0 saturated carbocycles. The molecule has 0 saturated heterocycles. The Balaban J connectivity index is 1.79. The third kappa shape index (κ3) is 5.63. The largest absolute Gasteiger partial charge is 0.355 e. The number of anilines is 2. The molecule has 0 unspecified atom stereocenters. The van der Waals surface area contributed by atoms with Gasteiger partial charge in [-0.2, -0.15) is 0 Å². The predicted octanol–water partition coefficient (Wildman–Crippen LogP) is 4.01. The van der Waals surface area contributed by atoms with Crippen LogP contribution in [0.1, 0.15) is 48.8 Å².